The highest BCUT2D eigenvalue weighted by Crippen LogP contribution is 2.34. The first-order chi connectivity index (χ1) is 8.92. The lowest BCUT2D eigenvalue weighted by molar-refractivity contribution is 0.0173. The Morgan fingerprint density at radius 1 is 1.40 bits per heavy atom. The Morgan fingerprint density at radius 2 is 2.05 bits per heavy atom. The van der Waals surface area contributed by atoms with Gasteiger partial charge in [-0.15, -0.1) is 12.4 Å². The van der Waals surface area contributed by atoms with Crippen molar-refractivity contribution in [1.82, 2.24) is 10.2 Å². The molecule has 1 aliphatic rings. The number of nitrogens with one attached hydrogen (secondary N) is 1. The minimum absolute atomic E-state index is 0. The highest BCUT2D eigenvalue weighted by Gasteiger charge is 2.35. The molecular formula is C15H23ClN2O2. The predicted molar refractivity (Wildman–Crippen MR) is 82.1 cm³/mol. The Kier molecular flexibility index (Phi) is 5.42. The number of rotatable bonds is 2. The van der Waals surface area contributed by atoms with Gasteiger partial charge in [0.1, 0.15) is 5.60 Å². The van der Waals surface area contributed by atoms with Gasteiger partial charge in [0.2, 0.25) is 0 Å². The molecule has 1 atom stereocenters. The summed E-state index contributed by atoms with van der Waals surface area (Å²) >= 11 is 0. The number of carbonyl (C=O) groups excluding carboxylic acids is 1. The van der Waals surface area contributed by atoms with Crippen molar-refractivity contribution in [1.29, 1.82) is 0 Å². The molecule has 4 nitrogen and oxygen atoms in total. The van der Waals surface area contributed by atoms with Gasteiger partial charge in [-0.25, -0.2) is 4.79 Å². The van der Waals surface area contributed by atoms with Crippen LogP contribution in [-0.2, 0) is 11.3 Å². The molecule has 5 heteroatoms. The summed E-state index contributed by atoms with van der Waals surface area (Å²) in [5, 5.41) is 3.15. The summed E-state index contributed by atoms with van der Waals surface area (Å²) in [4.78, 5) is 14.1. The van der Waals surface area contributed by atoms with Crippen molar-refractivity contribution in [3.8, 4) is 0 Å². The second kappa shape index (κ2) is 6.46. The lowest BCUT2D eigenvalue weighted by atomic mass is 10.1. The summed E-state index contributed by atoms with van der Waals surface area (Å²) in [6.45, 7) is 7.03. The van der Waals surface area contributed by atoms with Crippen LogP contribution in [0, 0.1) is 0 Å². The number of ether oxygens (including phenoxy) is 1. The SMILES string of the molecule is CNCC1c2ccccc2CN1C(=O)OC(C)(C)C.Cl. The van der Waals surface area contributed by atoms with Gasteiger partial charge >= 0.3 is 6.09 Å². The van der Waals surface area contributed by atoms with E-state index in [0.29, 0.717) is 6.54 Å². The summed E-state index contributed by atoms with van der Waals surface area (Å²) in [7, 11) is 1.90. The van der Waals surface area contributed by atoms with Crippen LogP contribution in [0.25, 0.3) is 0 Å². The molecule has 0 fully saturated rings. The Labute approximate surface area is 126 Å². The van der Waals surface area contributed by atoms with E-state index in [1.54, 1.807) is 4.90 Å². The Balaban J connectivity index is 0.00000200. The number of likely N-dealkylation sites (N-methyl/N-ethyl adjacent to an activating group) is 1. The van der Waals surface area contributed by atoms with Crippen LogP contribution in [-0.4, -0.2) is 30.2 Å². The topological polar surface area (TPSA) is 41.6 Å². The predicted octanol–water partition coefficient (Wildman–Crippen LogP) is 3.12. The second-order valence-corrected chi connectivity index (χ2v) is 5.88. The molecule has 20 heavy (non-hydrogen) atoms. The zero-order chi connectivity index (χ0) is 14.0. The molecule has 112 valence electrons. The molecule has 1 heterocycles. The number of benzene rings is 1. The van der Waals surface area contributed by atoms with Crippen molar-refractivity contribution in [2.75, 3.05) is 13.6 Å². The van der Waals surface area contributed by atoms with Crippen molar-refractivity contribution in [3.63, 3.8) is 0 Å². The molecule has 1 amide bonds. The number of carbonyl (C=O) groups is 1. The van der Waals surface area contributed by atoms with Crippen molar-refractivity contribution >= 4 is 18.5 Å². The molecule has 0 aromatic heterocycles. The first-order valence-corrected chi connectivity index (χ1v) is 6.64. The minimum Gasteiger partial charge on any atom is -0.444 e. The van der Waals surface area contributed by atoms with Crippen LogP contribution in [0.2, 0.25) is 0 Å². The normalized spacial score (nSPS) is 17.4. The fourth-order valence-electron chi connectivity index (χ4n) is 2.39. The van der Waals surface area contributed by atoms with Gasteiger partial charge < -0.3 is 10.1 Å². The van der Waals surface area contributed by atoms with Crippen LogP contribution in [0.15, 0.2) is 24.3 Å². The number of amides is 1. The molecule has 2 rings (SSSR count). The summed E-state index contributed by atoms with van der Waals surface area (Å²) in [5.41, 5.74) is 1.95. The quantitative estimate of drug-likeness (QED) is 0.912. The van der Waals surface area contributed by atoms with E-state index in [2.05, 4.69) is 17.4 Å². The molecule has 1 unspecified atom stereocenters. The largest absolute Gasteiger partial charge is 0.444 e. The highest BCUT2D eigenvalue weighted by atomic mass is 35.5. The average Bonchev–Trinajstić information content (AvgIpc) is 2.67. The van der Waals surface area contributed by atoms with Crippen LogP contribution >= 0.6 is 12.4 Å². The number of hydrogen-bond acceptors (Lipinski definition) is 3. The molecule has 1 N–H and O–H groups in total. The molecule has 1 aromatic carbocycles. The summed E-state index contributed by atoms with van der Waals surface area (Å²) in [6.07, 6.45) is -0.246. The molecule has 1 aliphatic heterocycles. The zero-order valence-corrected chi connectivity index (χ0v) is 13.3. The third-order valence-electron chi connectivity index (χ3n) is 3.16. The molecule has 0 saturated heterocycles. The van der Waals surface area contributed by atoms with Gasteiger partial charge in [0.25, 0.3) is 0 Å². The first kappa shape index (κ1) is 16.8. The van der Waals surface area contributed by atoms with Crippen LogP contribution < -0.4 is 5.32 Å². The van der Waals surface area contributed by atoms with E-state index in [1.165, 1.54) is 11.1 Å². The minimum atomic E-state index is -0.462. The fourth-order valence-corrected chi connectivity index (χ4v) is 2.39. The second-order valence-electron chi connectivity index (χ2n) is 5.88. The first-order valence-electron chi connectivity index (χ1n) is 6.64. The Morgan fingerprint density at radius 3 is 2.65 bits per heavy atom. The fraction of sp³-hybridized carbons (Fsp3) is 0.533. The maximum Gasteiger partial charge on any atom is 0.411 e. The lowest BCUT2D eigenvalue weighted by Gasteiger charge is -2.28. The van der Waals surface area contributed by atoms with E-state index < -0.39 is 5.60 Å². The van der Waals surface area contributed by atoms with Gasteiger partial charge in [0.15, 0.2) is 0 Å². The standard InChI is InChI=1S/C15H22N2O2.ClH/c1-15(2,3)19-14(18)17-10-11-7-5-6-8-12(11)13(17)9-16-4;/h5-8,13,16H,9-10H2,1-4H3;1H. The molecule has 0 bridgehead atoms. The van der Waals surface area contributed by atoms with E-state index >= 15 is 0 Å². The third kappa shape index (κ3) is 3.64. The molecule has 0 spiro atoms. The Hall–Kier alpha value is -1.26. The van der Waals surface area contributed by atoms with Crippen molar-refractivity contribution in [2.45, 2.75) is 39.0 Å². The summed E-state index contributed by atoms with van der Waals surface area (Å²) < 4.78 is 5.49. The maximum absolute atomic E-state index is 12.3. The number of hydrogen-bond donors (Lipinski definition) is 1. The van der Waals surface area contributed by atoms with Crippen molar-refractivity contribution in [3.05, 3.63) is 35.4 Å². The van der Waals surface area contributed by atoms with E-state index in [9.17, 15) is 4.79 Å². The summed E-state index contributed by atoms with van der Waals surface area (Å²) in [5.74, 6) is 0. The van der Waals surface area contributed by atoms with Crippen LogP contribution in [0.4, 0.5) is 4.79 Å². The van der Waals surface area contributed by atoms with E-state index in [0.717, 1.165) is 6.54 Å². The smallest absolute Gasteiger partial charge is 0.411 e. The number of nitrogens with zero attached hydrogens (tertiary/aromatic N) is 1. The monoisotopic (exact) mass is 298 g/mol. The molecular weight excluding hydrogens is 276 g/mol. The highest BCUT2D eigenvalue weighted by molar-refractivity contribution is 5.85. The maximum atomic E-state index is 12.3. The molecule has 0 radical (unpaired) electrons. The average molecular weight is 299 g/mol. The van der Waals surface area contributed by atoms with Crippen LogP contribution in [0.1, 0.15) is 37.9 Å². The van der Waals surface area contributed by atoms with Gasteiger partial charge in [-0.1, -0.05) is 24.3 Å². The van der Waals surface area contributed by atoms with Gasteiger partial charge in [-0.2, -0.15) is 0 Å². The number of fused-ring (bicyclic) bond motifs is 1. The van der Waals surface area contributed by atoms with Gasteiger partial charge in [0.05, 0.1) is 12.6 Å². The van der Waals surface area contributed by atoms with E-state index in [4.69, 9.17) is 4.74 Å². The van der Waals surface area contributed by atoms with Crippen molar-refractivity contribution < 1.29 is 9.53 Å². The Bertz CT molecular complexity index is 471. The summed E-state index contributed by atoms with van der Waals surface area (Å²) in [6, 6.07) is 8.23. The molecule has 1 aromatic rings. The van der Waals surface area contributed by atoms with Gasteiger partial charge in [-0.05, 0) is 38.9 Å². The van der Waals surface area contributed by atoms with E-state index in [1.807, 2.05) is 40.0 Å². The molecule has 0 aliphatic carbocycles. The van der Waals surface area contributed by atoms with Crippen LogP contribution in [0.5, 0.6) is 0 Å². The van der Waals surface area contributed by atoms with Gasteiger partial charge in [-0.3, -0.25) is 4.90 Å². The van der Waals surface area contributed by atoms with E-state index in [-0.39, 0.29) is 24.5 Å². The zero-order valence-electron chi connectivity index (χ0n) is 12.5. The number of halogens is 1. The lowest BCUT2D eigenvalue weighted by Crippen LogP contribution is -2.38. The third-order valence-corrected chi connectivity index (χ3v) is 3.16. The molecule has 0 saturated carbocycles. The van der Waals surface area contributed by atoms with Crippen LogP contribution in [0.3, 0.4) is 0 Å². The van der Waals surface area contributed by atoms with Gasteiger partial charge in [0, 0.05) is 6.54 Å². The van der Waals surface area contributed by atoms with Crippen molar-refractivity contribution in [2.24, 2.45) is 0 Å².